The first kappa shape index (κ1) is 19.0. The van der Waals surface area contributed by atoms with Crippen molar-refractivity contribution < 1.29 is 29.7 Å². The SMILES string of the molecule is C[C@]12CCC(=O)C=C1CCC1C2[C@@H](O)C[C@@]2(C=O)C1CC[C@]2(O)C(=O)CO. The van der Waals surface area contributed by atoms with E-state index in [1.54, 1.807) is 6.08 Å². The number of fused-ring (bicyclic) bond motifs is 5. The fraction of sp³-hybridized carbons (Fsp3) is 0.762. The molecule has 0 spiro atoms. The molecule has 0 aliphatic heterocycles. The Balaban J connectivity index is 1.77. The molecule has 0 aromatic heterocycles. The summed E-state index contributed by atoms with van der Waals surface area (Å²) in [6.07, 6.45) is 4.92. The van der Waals surface area contributed by atoms with Gasteiger partial charge in [-0.3, -0.25) is 9.59 Å². The molecule has 3 fully saturated rings. The second-order valence-electron chi connectivity index (χ2n) is 9.30. The van der Waals surface area contributed by atoms with E-state index < -0.39 is 29.5 Å². The van der Waals surface area contributed by atoms with Gasteiger partial charge in [-0.15, -0.1) is 0 Å². The van der Waals surface area contributed by atoms with Crippen LogP contribution in [0.4, 0.5) is 0 Å². The predicted molar refractivity (Wildman–Crippen MR) is 95.5 cm³/mol. The molecule has 0 aromatic rings. The Labute approximate surface area is 158 Å². The summed E-state index contributed by atoms with van der Waals surface area (Å²) in [6.45, 7) is 1.30. The van der Waals surface area contributed by atoms with Gasteiger partial charge in [-0.05, 0) is 67.8 Å². The first-order chi connectivity index (χ1) is 12.7. The van der Waals surface area contributed by atoms with E-state index in [2.05, 4.69) is 6.92 Å². The van der Waals surface area contributed by atoms with Crippen LogP contribution in [0, 0.1) is 28.6 Å². The fourth-order valence-corrected chi connectivity index (χ4v) is 7.16. The predicted octanol–water partition coefficient (Wildman–Crippen LogP) is 0.961. The van der Waals surface area contributed by atoms with E-state index in [1.165, 1.54) is 0 Å². The lowest BCUT2D eigenvalue weighted by atomic mass is 9.45. The van der Waals surface area contributed by atoms with E-state index in [9.17, 15) is 29.7 Å². The Morgan fingerprint density at radius 2 is 2.04 bits per heavy atom. The first-order valence-corrected chi connectivity index (χ1v) is 9.98. The molecular weight excluding hydrogens is 348 g/mol. The van der Waals surface area contributed by atoms with Crippen LogP contribution in [0.15, 0.2) is 11.6 Å². The van der Waals surface area contributed by atoms with Gasteiger partial charge in [0.2, 0.25) is 0 Å². The number of hydrogen-bond acceptors (Lipinski definition) is 6. The summed E-state index contributed by atoms with van der Waals surface area (Å²) in [7, 11) is 0. The third-order valence-electron chi connectivity index (χ3n) is 8.45. The number of aldehydes is 1. The number of hydrogen-bond donors (Lipinski definition) is 3. The highest BCUT2D eigenvalue weighted by Gasteiger charge is 2.70. The van der Waals surface area contributed by atoms with Crippen LogP contribution in [0.5, 0.6) is 0 Å². The summed E-state index contributed by atoms with van der Waals surface area (Å²) in [5.74, 6) is -0.865. The maximum atomic E-state index is 12.4. The Hall–Kier alpha value is -1.37. The lowest BCUT2D eigenvalue weighted by Gasteiger charge is -2.59. The Bertz CT molecular complexity index is 728. The number of ketones is 2. The zero-order valence-electron chi connectivity index (χ0n) is 15.7. The number of carbonyl (C=O) groups is 3. The minimum atomic E-state index is -1.90. The summed E-state index contributed by atoms with van der Waals surface area (Å²) in [5.41, 5.74) is -2.43. The molecule has 4 aliphatic carbocycles. The van der Waals surface area contributed by atoms with Gasteiger partial charge in [-0.2, -0.15) is 0 Å². The van der Waals surface area contributed by atoms with Gasteiger partial charge in [-0.1, -0.05) is 12.5 Å². The molecule has 3 N–H and O–H groups in total. The van der Waals surface area contributed by atoms with Crippen LogP contribution in [0.2, 0.25) is 0 Å². The van der Waals surface area contributed by atoms with E-state index in [4.69, 9.17) is 0 Å². The molecule has 4 aliphatic rings. The third kappa shape index (κ3) is 2.26. The van der Waals surface area contributed by atoms with Gasteiger partial charge in [0, 0.05) is 6.42 Å². The minimum absolute atomic E-state index is 0.00909. The summed E-state index contributed by atoms with van der Waals surface area (Å²) in [5, 5.41) is 31.6. The van der Waals surface area contributed by atoms with Crippen LogP contribution < -0.4 is 0 Å². The summed E-state index contributed by atoms with van der Waals surface area (Å²) in [6, 6.07) is 0. The molecule has 0 radical (unpaired) electrons. The van der Waals surface area contributed by atoms with Gasteiger partial charge in [0.05, 0.1) is 11.5 Å². The maximum Gasteiger partial charge on any atom is 0.190 e. The molecule has 0 saturated heterocycles. The van der Waals surface area contributed by atoms with Crippen molar-refractivity contribution in [2.45, 2.75) is 63.6 Å². The second kappa shape index (κ2) is 6.06. The number of Topliss-reactive ketones (excluding diaryl/α,β-unsaturated/α-hetero) is 1. The Morgan fingerprint density at radius 1 is 1.30 bits per heavy atom. The van der Waals surface area contributed by atoms with Crippen molar-refractivity contribution in [1.82, 2.24) is 0 Å². The molecule has 0 aromatic carbocycles. The highest BCUT2D eigenvalue weighted by Crippen LogP contribution is 2.67. The summed E-state index contributed by atoms with van der Waals surface area (Å²) < 4.78 is 0. The number of allylic oxidation sites excluding steroid dienone is 1. The highest BCUT2D eigenvalue weighted by molar-refractivity contribution is 5.93. The molecule has 148 valence electrons. The van der Waals surface area contributed by atoms with Gasteiger partial charge >= 0.3 is 0 Å². The number of aliphatic hydroxyl groups is 3. The lowest BCUT2D eigenvalue weighted by Crippen LogP contribution is -2.63. The molecule has 7 atom stereocenters. The molecular formula is C21H28O6. The van der Waals surface area contributed by atoms with Crippen molar-refractivity contribution in [3.05, 3.63) is 11.6 Å². The standard InChI is InChI=1S/C21H28O6/c1-19-6-4-13(24)8-12(19)2-3-14-15-5-7-21(27,17(26)10-22)20(15,11-23)9-16(25)18(14)19/h8,11,14-16,18,22,25,27H,2-7,9-10H2,1H3/t14?,15?,16-,18?,19-,20+,21-/m0/s1. The molecule has 4 rings (SSSR count). The Kier molecular flexibility index (Phi) is 4.26. The first-order valence-electron chi connectivity index (χ1n) is 9.98. The largest absolute Gasteiger partial charge is 0.393 e. The topological polar surface area (TPSA) is 112 Å². The normalized spacial score (nSPS) is 48.9. The molecule has 6 nitrogen and oxygen atoms in total. The van der Waals surface area contributed by atoms with Gasteiger partial charge in [-0.25, -0.2) is 0 Å². The number of carbonyl (C=O) groups excluding carboxylic acids is 3. The average Bonchev–Trinajstić information content (AvgIpc) is 2.95. The van der Waals surface area contributed by atoms with E-state index in [0.717, 1.165) is 18.4 Å². The van der Waals surface area contributed by atoms with E-state index in [0.29, 0.717) is 25.5 Å². The molecule has 6 heteroatoms. The summed E-state index contributed by atoms with van der Waals surface area (Å²) >= 11 is 0. The van der Waals surface area contributed by atoms with Crippen molar-refractivity contribution >= 4 is 17.9 Å². The van der Waals surface area contributed by atoms with E-state index in [1.807, 2.05) is 0 Å². The van der Waals surface area contributed by atoms with Crippen molar-refractivity contribution in [3.8, 4) is 0 Å². The molecule has 0 bridgehead atoms. The van der Waals surface area contributed by atoms with Crippen LogP contribution >= 0.6 is 0 Å². The van der Waals surface area contributed by atoms with E-state index in [-0.39, 0.29) is 41.8 Å². The van der Waals surface area contributed by atoms with Crippen LogP contribution in [-0.4, -0.2) is 51.5 Å². The van der Waals surface area contributed by atoms with Crippen molar-refractivity contribution in [3.63, 3.8) is 0 Å². The van der Waals surface area contributed by atoms with Gasteiger partial charge in [0.25, 0.3) is 0 Å². The molecule has 0 heterocycles. The summed E-state index contributed by atoms with van der Waals surface area (Å²) in [4.78, 5) is 36.5. The van der Waals surface area contributed by atoms with Crippen LogP contribution in [-0.2, 0) is 14.4 Å². The zero-order chi connectivity index (χ0) is 19.6. The van der Waals surface area contributed by atoms with Gasteiger partial charge < -0.3 is 20.1 Å². The zero-order valence-corrected chi connectivity index (χ0v) is 15.7. The van der Waals surface area contributed by atoms with Crippen LogP contribution in [0.25, 0.3) is 0 Å². The fourth-order valence-electron chi connectivity index (χ4n) is 7.16. The van der Waals surface area contributed by atoms with Gasteiger partial charge in [0.15, 0.2) is 11.6 Å². The smallest absolute Gasteiger partial charge is 0.190 e. The average molecular weight is 376 g/mol. The van der Waals surface area contributed by atoms with Crippen LogP contribution in [0.1, 0.15) is 51.9 Å². The molecule has 0 amide bonds. The lowest BCUT2D eigenvalue weighted by molar-refractivity contribution is -0.185. The van der Waals surface area contributed by atoms with Crippen LogP contribution in [0.3, 0.4) is 0 Å². The number of aliphatic hydroxyl groups excluding tert-OH is 2. The van der Waals surface area contributed by atoms with Crippen molar-refractivity contribution in [2.24, 2.45) is 28.6 Å². The molecule has 27 heavy (non-hydrogen) atoms. The number of rotatable bonds is 3. The van der Waals surface area contributed by atoms with E-state index >= 15 is 0 Å². The minimum Gasteiger partial charge on any atom is -0.393 e. The molecule has 3 saturated carbocycles. The monoisotopic (exact) mass is 376 g/mol. The quantitative estimate of drug-likeness (QED) is 0.633. The van der Waals surface area contributed by atoms with Crippen molar-refractivity contribution in [2.75, 3.05) is 6.61 Å². The van der Waals surface area contributed by atoms with Crippen molar-refractivity contribution in [1.29, 1.82) is 0 Å². The highest BCUT2D eigenvalue weighted by atomic mass is 16.3. The van der Waals surface area contributed by atoms with Gasteiger partial charge in [0.1, 0.15) is 18.5 Å². The third-order valence-corrected chi connectivity index (χ3v) is 8.45. The molecule has 3 unspecified atom stereocenters. The Morgan fingerprint density at radius 3 is 2.70 bits per heavy atom. The maximum absolute atomic E-state index is 12.4. The second-order valence-corrected chi connectivity index (χ2v) is 9.30.